The molecular weight excluding hydrogens is 246 g/mol. The molecule has 112 valence electrons. The second kappa shape index (κ2) is 7.12. The molecule has 1 aliphatic carbocycles. The third kappa shape index (κ3) is 4.24. The van der Waals surface area contributed by atoms with E-state index in [9.17, 15) is 0 Å². The van der Waals surface area contributed by atoms with E-state index in [-0.39, 0.29) is 0 Å². The van der Waals surface area contributed by atoms with Gasteiger partial charge in [-0.3, -0.25) is 0 Å². The van der Waals surface area contributed by atoms with Crippen LogP contribution >= 0.6 is 0 Å². The molecule has 3 atom stereocenters. The SMILES string of the molecule is CCC(C)CC(C)NC(c1ccc(OC)cc1)C1CC1. The second-order valence-corrected chi connectivity index (χ2v) is 6.41. The molecule has 0 bridgehead atoms. The number of hydrogen-bond donors (Lipinski definition) is 1. The average molecular weight is 275 g/mol. The molecule has 1 aromatic carbocycles. The van der Waals surface area contributed by atoms with E-state index in [4.69, 9.17) is 4.74 Å². The molecule has 3 unspecified atom stereocenters. The zero-order valence-corrected chi connectivity index (χ0v) is 13.4. The van der Waals surface area contributed by atoms with Crippen molar-refractivity contribution in [3.8, 4) is 5.75 Å². The van der Waals surface area contributed by atoms with Crippen molar-refractivity contribution in [3.63, 3.8) is 0 Å². The van der Waals surface area contributed by atoms with Gasteiger partial charge in [0.1, 0.15) is 5.75 Å². The van der Waals surface area contributed by atoms with E-state index in [1.54, 1.807) is 7.11 Å². The number of ether oxygens (including phenoxy) is 1. The first-order valence-corrected chi connectivity index (χ1v) is 8.04. The zero-order chi connectivity index (χ0) is 14.5. The molecule has 0 saturated heterocycles. The predicted molar refractivity (Wildman–Crippen MR) is 85.1 cm³/mol. The van der Waals surface area contributed by atoms with E-state index in [0.29, 0.717) is 12.1 Å². The monoisotopic (exact) mass is 275 g/mol. The summed E-state index contributed by atoms with van der Waals surface area (Å²) in [5, 5.41) is 3.86. The minimum Gasteiger partial charge on any atom is -0.497 e. The van der Waals surface area contributed by atoms with Gasteiger partial charge < -0.3 is 10.1 Å². The maximum atomic E-state index is 5.25. The van der Waals surface area contributed by atoms with Gasteiger partial charge in [0.25, 0.3) is 0 Å². The zero-order valence-electron chi connectivity index (χ0n) is 13.4. The molecule has 1 N–H and O–H groups in total. The Morgan fingerprint density at radius 2 is 1.85 bits per heavy atom. The molecule has 1 aliphatic rings. The molecule has 1 aromatic rings. The summed E-state index contributed by atoms with van der Waals surface area (Å²) in [6, 6.07) is 9.67. The van der Waals surface area contributed by atoms with Crippen LogP contribution < -0.4 is 10.1 Å². The van der Waals surface area contributed by atoms with Gasteiger partial charge in [-0.2, -0.15) is 0 Å². The Labute approximate surface area is 123 Å². The molecule has 2 nitrogen and oxygen atoms in total. The van der Waals surface area contributed by atoms with E-state index in [1.807, 2.05) is 0 Å². The van der Waals surface area contributed by atoms with Gasteiger partial charge >= 0.3 is 0 Å². The molecule has 1 saturated carbocycles. The third-order valence-electron chi connectivity index (χ3n) is 4.49. The summed E-state index contributed by atoms with van der Waals surface area (Å²) in [5.41, 5.74) is 1.41. The number of benzene rings is 1. The van der Waals surface area contributed by atoms with E-state index in [0.717, 1.165) is 17.6 Å². The van der Waals surface area contributed by atoms with Crippen molar-refractivity contribution >= 4 is 0 Å². The van der Waals surface area contributed by atoms with Gasteiger partial charge in [-0.25, -0.2) is 0 Å². The van der Waals surface area contributed by atoms with Gasteiger partial charge in [0.15, 0.2) is 0 Å². The van der Waals surface area contributed by atoms with Gasteiger partial charge in [-0.05, 0) is 55.7 Å². The fourth-order valence-corrected chi connectivity index (χ4v) is 2.89. The molecule has 0 aliphatic heterocycles. The third-order valence-corrected chi connectivity index (χ3v) is 4.49. The topological polar surface area (TPSA) is 21.3 Å². The van der Waals surface area contributed by atoms with Crippen molar-refractivity contribution in [2.75, 3.05) is 7.11 Å². The van der Waals surface area contributed by atoms with Crippen LogP contribution in [-0.2, 0) is 0 Å². The number of hydrogen-bond acceptors (Lipinski definition) is 2. The van der Waals surface area contributed by atoms with Crippen LogP contribution in [0, 0.1) is 11.8 Å². The Balaban J connectivity index is 1.99. The van der Waals surface area contributed by atoms with E-state index >= 15 is 0 Å². The second-order valence-electron chi connectivity index (χ2n) is 6.41. The lowest BCUT2D eigenvalue weighted by Crippen LogP contribution is -2.33. The fourth-order valence-electron chi connectivity index (χ4n) is 2.89. The molecular formula is C18H29NO. The summed E-state index contributed by atoms with van der Waals surface area (Å²) < 4.78 is 5.25. The molecule has 2 rings (SSSR count). The lowest BCUT2D eigenvalue weighted by molar-refractivity contribution is 0.357. The summed E-state index contributed by atoms with van der Waals surface area (Å²) in [6.45, 7) is 6.95. The van der Waals surface area contributed by atoms with Crippen molar-refractivity contribution < 1.29 is 4.74 Å². The van der Waals surface area contributed by atoms with Gasteiger partial charge in [0.2, 0.25) is 0 Å². The first-order valence-electron chi connectivity index (χ1n) is 8.04. The summed E-state index contributed by atoms with van der Waals surface area (Å²) in [6.07, 6.45) is 5.25. The largest absolute Gasteiger partial charge is 0.497 e. The van der Waals surface area contributed by atoms with Crippen molar-refractivity contribution in [1.29, 1.82) is 0 Å². The van der Waals surface area contributed by atoms with Gasteiger partial charge in [0.05, 0.1) is 7.11 Å². The fraction of sp³-hybridized carbons (Fsp3) is 0.667. The van der Waals surface area contributed by atoms with Gasteiger partial charge in [-0.1, -0.05) is 32.4 Å². The quantitative estimate of drug-likeness (QED) is 0.751. The van der Waals surface area contributed by atoms with Crippen LogP contribution in [0.4, 0.5) is 0 Å². The standard InChI is InChI=1S/C18H29NO/c1-5-13(2)12-14(3)19-18(15-6-7-15)16-8-10-17(20-4)11-9-16/h8-11,13-15,18-19H,5-7,12H2,1-4H3. The van der Waals surface area contributed by atoms with E-state index < -0.39 is 0 Å². The average Bonchev–Trinajstić information content (AvgIpc) is 3.29. The first kappa shape index (κ1) is 15.4. The number of rotatable bonds is 8. The first-order chi connectivity index (χ1) is 9.63. The van der Waals surface area contributed by atoms with Gasteiger partial charge in [0, 0.05) is 12.1 Å². The van der Waals surface area contributed by atoms with Crippen LogP contribution in [0.3, 0.4) is 0 Å². The Hall–Kier alpha value is -1.02. The lowest BCUT2D eigenvalue weighted by Gasteiger charge is -2.25. The highest BCUT2D eigenvalue weighted by Gasteiger charge is 2.33. The molecule has 0 amide bonds. The van der Waals surface area contributed by atoms with Crippen LogP contribution in [0.2, 0.25) is 0 Å². The highest BCUT2D eigenvalue weighted by molar-refractivity contribution is 5.30. The van der Waals surface area contributed by atoms with Gasteiger partial charge in [-0.15, -0.1) is 0 Å². The normalized spacial score (nSPS) is 19.4. The van der Waals surface area contributed by atoms with Crippen LogP contribution in [0.1, 0.15) is 58.1 Å². The molecule has 2 heteroatoms. The van der Waals surface area contributed by atoms with E-state index in [1.165, 1.54) is 31.2 Å². The summed E-state index contributed by atoms with van der Waals surface area (Å²) in [4.78, 5) is 0. The van der Waals surface area contributed by atoms with E-state index in [2.05, 4.69) is 50.4 Å². The predicted octanol–water partition coefficient (Wildman–Crippen LogP) is 4.56. The minimum atomic E-state index is 0.514. The Morgan fingerprint density at radius 3 is 2.35 bits per heavy atom. The van der Waals surface area contributed by atoms with Crippen molar-refractivity contribution in [2.24, 2.45) is 11.8 Å². The molecule has 0 aromatic heterocycles. The smallest absolute Gasteiger partial charge is 0.118 e. The Kier molecular flexibility index (Phi) is 5.47. The van der Waals surface area contributed by atoms with Crippen LogP contribution in [0.5, 0.6) is 5.75 Å². The summed E-state index contributed by atoms with van der Waals surface area (Å²) in [7, 11) is 1.72. The minimum absolute atomic E-state index is 0.514. The molecule has 0 heterocycles. The molecule has 0 radical (unpaired) electrons. The van der Waals surface area contributed by atoms with Crippen LogP contribution in [0.15, 0.2) is 24.3 Å². The number of methoxy groups -OCH3 is 1. The summed E-state index contributed by atoms with van der Waals surface area (Å²) >= 11 is 0. The maximum absolute atomic E-state index is 5.25. The van der Waals surface area contributed by atoms with Crippen LogP contribution in [0.25, 0.3) is 0 Å². The molecule has 0 spiro atoms. The molecule has 1 fully saturated rings. The molecule has 20 heavy (non-hydrogen) atoms. The van der Waals surface area contributed by atoms with Crippen molar-refractivity contribution in [1.82, 2.24) is 5.32 Å². The Bertz CT molecular complexity index is 396. The lowest BCUT2D eigenvalue weighted by atomic mass is 9.97. The van der Waals surface area contributed by atoms with Crippen molar-refractivity contribution in [2.45, 2.75) is 58.5 Å². The maximum Gasteiger partial charge on any atom is 0.118 e. The summed E-state index contributed by atoms with van der Waals surface area (Å²) in [5.74, 6) is 2.56. The van der Waals surface area contributed by atoms with Crippen LogP contribution in [-0.4, -0.2) is 13.2 Å². The number of nitrogens with one attached hydrogen (secondary N) is 1. The Morgan fingerprint density at radius 1 is 1.20 bits per heavy atom. The highest BCUT2D eigenvalue weighted by atomic mass is 16.5. The highest BCUT2D eigenvalue weighted by Crippen LogP contribution is 2.41. The van der Waals surface area contributed by atoms with Crippen molar-refractivity contribution in [3.05, 3.63) is 29.8 Å².